The lowest BCUT2D eigenvalue weighted by molar-refractivity contribution is 0.220. The van der Waals surface area contributed by atoms with Crippen molar-refractivity contribution in [3.8, 4) is 0 Å². The van der Waals surface area contributed by atoms with Crippen molar-refractivity contribution in [1.29, 1.82) is 0 Å². The van der Waals surface area contributed by atoms with Crippen LogP contribution in [0, 0.1) is 0 Å². The minimum Gasteiger partial charge on any atom is -0.384 e. The summed E-state index contributed by atoms with van der Waals surface area (Å²) in [6, 6.07) is 11.9. The molecule has 0 bridgehead atoms. The molecule has 2 rings (SSSR count). The zero-order chi connectivity index (χ0) is 12.8. The predicted octanol–water partition coefficient (Wildman–Crippen LogP) is 3.51. The van der Waals surface area contributed by atoms with Crippen LogP contribution in [0.1, 0.15) is 42.6 Å². The summed E-state index contributed by atoms with van der Waals surface area (Å²) < 4.78 is 0. The van der Waals surface area contributed by atoms with E-state index in [0.717, 1.165) is 17.5 Å². The lowest BCUT2D eigenvalue weighted by atomic mass is 10.00. The Hall–Kier alpha value is -1.67. The molecule has 1 N–H and O–H groups in total. The molecule has 1 aromatic heterocycles. The van der Waals surface area contributed by atoms with E-state index in [1.54, 1.807) is 12.4 Å². The van der Waals surface area contributed by atoms with Gasteiger partial charge in [-0.05, 0) is 41.7 Å². The minimum absolute atomic E-state index is 0.562. The molecule has 94 valence electrons. The van der Waals surface area contributed by atoms with Crippen molar-refractivity contribution >= 4 is 0 Å². The molecule has 0 saturated heterocycles. The van der Waals surface area contributed by atoms with Crippen LogP contribution < -0.4 is 0 Å². The molecule has 0 fully saturated rings. The molecule has 1 aromatic carbocycles. The number of aliphatic hydroxyl groups excluding tert-OH is 1. The molecule has 2 heteroatoms. The number of benzene rings is 1. The monoisotopic (exact) mass is 241 g/mol. The highest BCUT2D eigenvalue weighted by Gasteiger charge is 2.09. The van der Waals surface area contributed by atoms with Crippen molar-refractivity contribution in [1.82, 2.24) is 4.98 Å². The maximum atomic E-state index is 10.2. The largest absolute Gasteiger partial charge is 0.384 e. The number of pyridine rings is 1. The fourth-order valence-corrected chi connectivity index (χ4v) is 1.99. The highest BCUT2D eigenvalue weighted by molar-refractivity contribution is 5.30. The van der Waals surface area contributed by atoms with Crippen LogP contribution in [0.2, 0.25) is 0 Å². The number of aromatic nitrogens is 1. The van der Waals surface area contributed by atoms with Crippen molar-refractivity contribution in [3.05, 3.63) is 65.5 Å². The zero-order valence-electron chi connectivity index (χ0n) is 10.7. The molecule has 0 aliphatic rings. The van der Waals surface area contributed by atoms with Crippen LogP contribution in [-0.4, -0.2) is 10.1 Å². The van der Waals surface area contributed by atoms with E-state index in [4.69, 9.17) is 0 Å². The number of rotatable bonds is 5. The van der Waals surface area contributed by atoms with Gasteiger partial charge in [0.15, 0.2) is 0 Å². The average molecular weight is 241 g/mol. The van der Waals surface area contributed by atoms with Gasteiger partial charge in [0.2, 0.25) is 0 Å². The van der Waals surface area contributed by atoms with Gasteiger partial charge >= 0.3 is 0 Å². The van der Waals surface area contributed by atoms with Gasteiger partial charge in [-0.3, -0.25) is 4.98 Å². The first-order valence-electron chi connectivity index (χ1n) is 6.48. The average Bonchev–Trinajstić information content (AvgIpc) is 2.46. The summed E-state index contributed by atoms with van der Waals surface area (Å²) in [7, 11) is 0. The summed E-state index contributed by atoms with van der Waals surface area (Å²) in [5.74, 6) is 0. The predicted molar refractivity (Wildman–Crippen MR) is 73.4 cm³/mol. The van der Waals surface area contributed by atoms with Crippen molar-refractivity contribution < 1.29 is 5.11 Å². The summed E-state index contributed by atoms with van der Waals surface area (Å²) in [6.45, 7) is 2.20. The molecule has 1 unspecified atom stereocenters. The first kappa shape index (κ1) is 12.8. The Kier molecular flexibility index (Phi) is 4.48. The smallest absolute Gasteiger partial charge is 0.104 e. The van der Waals surface area contributed by atoms with Gasteiger partial charge in [-0.1, -0.05) is 37.6 Å². The second-order valence-corrected chi connectivity index (χ2v) is 4.53. The maximum Gasteiger partial charge on any atom is 0.104 e. The Morgan fingerprint density at radius 2 is 1.61 bits per heavy atom. The van der Waals surface area contributed by atoms with Crippen molar-refractivity contribution in [3.63, 3.8) is 0 Å². The number of hydrogen-bond acceptors (Lipinski definition) is 2. The molecule has 0 saturated carbocycles. The van der Waals surface area contributed by atoms with Crippen molar-refractivity contribution in [2.45, 2.75) is 32.3 Å². The van der Waals surface area contributed by atoms with E-state index in [9.17, 15) is 5.11 Å². The molecule has 2 nitrogen and oxygen atoms in total. The molecular weight excluding hydrogens is 222 g/mol. The first-order chi connectivity index (χ1) is 8.81. The molecule has 18 heavy (non-hydrogen) atoms. The Morgan fingerprint density at radius 1 is 1.00 bits per heavy atom. The molecule has 0 radical (unpaired) electrons. The lowest BCUT2D eigenvalue weighted by Crippen LogP contribution is -1.99. The Balaban J connectivity index is 2.09. The molecule has 0 aliphatic heterocycles. The second kappa shape index (κ2) is 6.31. The number of nitrogens with zero attached hydrogens (tertiary/aromatic N) is 1. The second-order valence-electron chi connectivity index (χ2n) is 4.53. The number of aryl methyl sites for hydroxylation is 1. The lowest BCUT2D eigenvalue weighted by Gasteiger charge is -2.11. The normalized spacial score (nSPS) is 12.3. The summed E-state index contributed by atoms with van der Waals surface area (Å²) in [5.41, 5.74) is 3.15. The van der Waals surface area contributed by atoms with Gasteiger partial charge in [0.25, 0.3) is 0 Å². The van der Waals surface area contributed by atoms with Crippen LogP contribution >= 0.6 is 0 Å². The van der Waals surface area contributed by atoms with Crippen LogP contribution in [0.5, 0.6) is 0 Å². The summed E-state index contributed by atoms with van der Waals surface area (Å²) >= 11 is 0. The van der Waals surface area contributed by atoms with Gasteiger partial charge < -0.3 is 5.11 Å². The fourth-order valence-electron chi connectivity index (χ4n) is 1.99. The van der Waals surface area contributed by atoms with Crippen molar-refractivity contribution in [2.24, 2.45) is 0 Å². The van der Waals surface area contributed by atoms with Gasteiger partial charge in [0.1, 0.15) is 6.10 Å². The zero-order valence-corrected chi connectivity index (χ0v) is 10.7. The van der Waals surface area contributed by atoms with Crippen LogP contribution in [0.3, 0.4) is 0 Å². The topological polar surface area (TPSA) is 33.1 Å². The van der Waals surface area contributed by atoms with Crippen molar-refractivity contribution in [2.75, 3.05) is 0 Å². The van der Waals surface area contributed by atoms with Crippen LogP contribution in [-0.2, 0) is 6.42 Å². The molecule has 0 spiro atoms. The van der Waals surface area contributed by atoms with E-state index in [2.05, 4.69) is 24.0 Å². The first-order valence-corrected chi connectivity index (χ1v) is 6.48. The van der Waals surface area contributed by atoms with E-state index < -0.39 is 6.10 Å². The van der Waals surface area contributed by atoms with E-state index in [1.165, 1.54) is 18.4 Å². The summed E-state index contributed by atoms with van der Waals surface area (Å²) in [4.78, 5) is 3.96. The molecule has 0 amide bonds. The molecule has 1 heterocycles. The standard InChI is InChI=1S/C16H19NO/c1-2-3-4-13-5-7-14(8-6-13)16(18)15-9-11-17-12-10-15/h5-12,16,18H,2-4H2,1H3. The summed E-state index contributed by atoms with van der Waals surface area (Å²) in [5, 5.41) is 10.2. The number of aliphatic hydroxyl groups is 1. The SMILES string of the molecule is CCCCc1ccc(C(O)c2ccncc2)cc1. The van der Waals surface area contributed by atoms with Gasteiger partial charge in [-0.15, -0.1) is 0 Å². The molecule has 1 atom stereocenters. The van der Waals surface area contributed by atoms with E-state index >= 15 is 0 Å². The Labute approximate surface area is 108 Å². The van der Waals surface area contributed by atoms with E-state index in [0.29, 0.717) is 0 Å². The maximum absolute atomic E-state index is 10.2. The highest BCUT2D eigenvalue weighted by atomic mass is 16.3. The van der Waals surface area contributed by atoms with Gasteiger partial charge in [-0.25, -0.2) is 0 Å². The Bertz CT molecular complexity index is 464. The molecule has 0 aliphatic carbocycles. The Morgan fingerprint density at radius 3 is 2.22 bits per heavy atom. The quantitative estimate of drug-likeness (QED) is 0.869. The molecular formula is C16H19NO. The van der Waals surface area contributed by atoms with E-state index in [1.807, 2.05) is 24.3 Å². The molecule has 2 aromatic rings. The van der Waals surface area contributed by atoms with Crippen LogP contribution in [0.15, 0.2) is 48.8 Å². The number of unbranched alkanes of at least 4 members (excludes halogenated alkanes) is 1. The highest BCUT2D eigenvalue weighted by Crippen LogP contribution is 2.21. The van der Waals surface area contributed by atoms with Gasteiger partial charge in [0.05, 0.1) is 0 Å². The van der Waals surface area contributed by atoms with Crippen LogP contribution in [0.4, 0.5) is 0 Å². The fraction of sp³-hybridized carbons (Fsp3) is 0.312. The third-order valence-corrected chi connectivity index (χ3v) is 3.14. The van der Waals surface area contributed by atoms with Gasteiger partial charge in [0, 0.05) is 12.4 Å². The third-order valence-electron chi connectivity index (χ3n) is 3.14. The van der Waals surface area contributed by atoms with E-state index in [-0.39, 0.29) is 0 Å². The number of hydrogen-bond donors (Lipinski definition) is 1. The minimum atomic E-state index is -0.562. The van der Waals surface area contributed by atoms with Crippen LogP contribution in [0.25, 0.3) is 0 Å². The third kappa shape index (κ3) is 3.17. The van der Waals surface area contributed by atoms with Gasteiger partial charge in [-0.2, -0.15) is 0 Å². The summed E-state index contributed by atoms with van der Waals surface area (Å²) in [6.07, 6.45) is 6.38.